The van der Waals surface area contributed by atoms with E-state index < -0.39 is 0 Å². The minimum absolute atomic E-state index is 0.317. The minimum atomic E-state index is -0.317. The van der Waals surface area contributed by atoms with Crippen molar-refractivity contribution in [1.82, 2.24) is 5.32 Å². The molecular weight excluding hydrogens is 190 g/mol. The first-order valence-corrected chi connectivity index (χ1v) is 5.31. The second-order valence-electron chi connectivity index (χ2n) is 2.81. The molecule has 0 rings (SSSR count). The van der Waals surface area contributed by atoms with Crippen molar-refractivity contribution in [1.29, 1.82) is 0 Å². The highest BCUT2D eigenvalue weighted by molar-refractivity contribution is 6.17. The minimum Gasteiger partial charge on any atom is -0.450 e. The van der Waals surface area contributed by atoms with E-state index in [0.717, 1.165) is 25.7 Å². The zero-order valence-corrected chi connectivity index (χ0v) is 8.90. The van der Waals surface area contributed by atoms with Crippen molar-refractivity contribution in [2.45, 2.75) is 32.6 Å². The quantitative estimate of drug-likeness (QED) is 0.515. The lowest BCUT2D eigenvalue weighted by Gasteiger charge is -2.05. The number of nitrogens with one attached hydrogen (secondary N) is 1. The van der Waals surface area contributed by atoms with Crippen molar-refractivity contribution >= 4 is 17.7 Å². The summed E-state index contributed by atoms with van der Waals surface area (Å²) in [5.74, 6) is 0.645. The molecule has 0 aliphatic carbocycles. The van der Waals surface area contributed by atoms with Gasteiger partial charge < -0.3 is 10.1 Å². The summed E-state index contributed by atoms with van der Waals surface area (Å²) in [5.41, 5.74) is 0. The van der Waals surface area contributed by atoms with E-state index in [-0.39, 0.29) is 6.09 Å². The van der Waals surface area contributed by atoms with Crippen molar-refractivity contribution in [3.8, 4) is 0 Å². The number of carbonyl (C=O) groups is 1. The Bertz CT molecular complexity index is 131. The van der Waals surface area contributed by atoms with Crippen LogP contribution in [-0.4, -0.2) is 25.1 Å². The summed E-state index contributed by atoms with van der Waals surface area (Å²) in [6, 6.07) is 0. The highest BCUT2D eigenvalue weighted by Gasteiger charge is 1.98. The van der Waals surface area contributed by atoms with Gasteiger partial charge in [-0.1, -0.05) is 13.3 Å². The molecule has 0 saturated heterocycles. The Morgan fingerprint density at radius 2 is 2.15 bits per heavy atom. The standard InChI is InChI=1S/C9H18ClNO2/c1-2-3-8-13-9(12)11-7-5-4-6-10/h2-8H2,1H3,(H,11,12). The van der Waals surface area contributed by atoms with Crippen LogP contribution in [0.1, 0.15) is 32.6 Å². The molecule has 0 aliphatic heterocycles. The monoisotopic (exact) mass is 207 g/mol. The number of alkyl halides is 1. The summed E-state index contributed by atoms with van der Waals surface area (Å²) >= 11 is 5.48. The number of alkyl carbamates (subject to hydrolysis) is 1. The third-order valence-corrected chi connectivity index (χ3v) is 1.83. The highest BCUT2D eigenvalue weighted by Crippen LogP contribution is 1.91. The van der Waals surface area contributed by atoms with Crippen LogP contribution in [0, 0.1) is 0 Å². The van der Waals surface area contributed by atoms with Crippen LogP contribution in [-0.2, 0) is 4.74 Å². The number of rotatable bonds is 7. The van der Waals surface area contributed by atoms with Gasteiger partial charge in [0.1, 0.15) is 0 Å². The van der Waals surface area contributed by atoms with Gasteiger partial charge in [0.05, 0.1) is 6.61 Å². The fourth-order valence-corrected chi connectivity index (χ4v) is 0.959. The average Bonchev–Trinajstić information content (AvgIpc) is 2.13. The summed E-state index contributed by atoms with van der Waals surface area (Å²) in [6.45, 7) is 3.22. The van der Waals surface area contributed by atoms with Crippen molar-refractivity contribution < 1.29 is 9.53 Å². The molecule has 0 aromatic heterocycles. The Balaban J connectivity index is 3.11. The lowest BCUT2D eigenvalue weighted by molar-refractivity contribution is 0.144. The van der Waals surface area contributed by atoms with Gasteiger partial charge in [-0.2, -0.15) is 0 Å². The number of amides is 1. The lowest BCUT2D eigenvalue weighted by atomic mass is 10.3. The first-order valence-electron chi connectivity index (χ1n) is 4.77. The van der Waals surface area contributed by atoms with Gasteiger partial charge in [-0.3, -0.25) is 0 Å². The zero-order chi connectivity index (χ0) is 9.94. The van der Waals surface area contributed by atoms with Crippen LogP contribution in [0.3, 0.4) is 0 Å². The van der Waals surface area contributed by atoms with Crippen LogP contribution < -0.4 is 5.32 Å². The molecule has 1 amide bonds. The predicted molar refractivity (Wildman–Crippen MR) is 54.2 cm³/mol. The van der Waals surface area contributed by atoms with E-state index in [9.17, 15) is 4.79 Å². The summed E-state index contributed by atoms with van der Waals surface area (Å²) in [5, 5.41) is 2.66. The van der Waals surface area contributed by atoms with Gasteiger partial charge in [0.25, 0.3) is 0 Å². The van der Waals surface area contributed by atoms with E-state index >= 15 is 0 Å². The molecule has 0 spiro atoms. The summed E-state index contributed by atoms with van der Waals surface area (Å²) in [7, 11) is 0. The number of hydrogen-bond donors (Lipinski definition) is 1. The lowest BCUT2D eigenvalue weighted by Crippen LogP contribution is -2.25. The Morgan fingerprint density at radius 3 is 2.77 bits per heavy atom. The van der Waals surface area contributed by atoms with Crippen LogP contribution in [0.4, 0.5) is 4.79 Å². The van der Waals surface area contributed by atoms with E-state index in [1.165, 1.54) is 0 Å². The van der Waals surface area contributed by atoms with Gasteiger partial charge >= 0.3 is 6.09 Å². The molecule has 1 N–H and O–H groups in total. The van der Waals surface area contributed by atoms with Gasteiger partial charge in [-0.05, 0) is 19.3 Å². The van der Waals surface area contributed by atoms with Crippen LogP contribution in [0.25, 0.3) is 0 Å². The van der Waals surface area contributed by atoms with E-state index in [0.29, 0.717) is 19.0 Å². The summed E-state index contributed by atoms with van der Waals surface area (Å²) < 4.78 is 4.88. The Labute approximate surface area is 84.8 Å². The first-order chi connectivity index (χ1) is 6.31. The summed E-state index contributed by atoms with van der Waals surface area (Å²) in [6.07, 6.45) is 3.49. The van der Waals surface area contributed by atoms with Crippen molar-refractivity contribution in [2.75, 3.05) is 19.0 Å². The number of ether oxygens (including phenoxy) is 1. The van der Waals surface area contributed by atoms with Crippen molar-refractivity contribution in [3.05, 3.63) is 0 Å². The van der Waals surface area contributed by atoms with E-state index in [1.807, 2.05) is 0 Å². The molecule has 0 fully saturated rings. The Morgan fingerprint density at radius 1 is 1.38 bits per heavy atom. The SMILES string of the molecule is CCCCOC(=O)NCCCCCl. The fraction of sp³-hybridized carbons (Fsp3) is 0.889. The molecule has 13 heavy (non-hydrogen) atoms. The topological polar surface area (TPSA) is 38.3 Å². The van der Waals surface area contributed by atoms with E-state index in [4.69, 9.17) is 16.3 Å². The van der Waals surface area contributed by atoms with Crippen molar-refractivity contribution in [3.63, 3.8) is 0 Å². The zero-order valence-electron chi connectivity index (χ0n) is 8.14. The van der Waals surface area contributed by atoms with E-state index in [2.05, 4.69) is 12.2 Å². The molecule has 0 radical (unpaired) electrons. The number of halogens is 1. The van der Waals surface area contributed by atoms with Crippen LogP contribution in [0.5, 0.6) is 0 Å². The van der Waals surface area contributed by atoms with E-state index in [1.54, 1.807) is 0 Å². The molecule has 78 valence electrons. The molecule has 0 aromatic rings. The second kappa shape index (κ2) is 9.65. The molecule has 4 heteroatoms. The van der Waals surface area contributed by atoms with Crippen LogP contribution in [0.2, 0.25) is 0 Å². The maximum Gasteiger partial charge on any atom is 0.407 e. The molecular formula is C9H18ClNO2. The van der Waals surface area contributed by atoms with Gasteiger partial charge in [-0.15, -0.1) is 11.6 Å². The Kier molecular flexibility index (Phi) is 9.32. The molecule has 0 aromatic carbocycles. The van der Waals surface area contributed by atoms with Crippen molar-refractivity contribution in [2.24, 2.45) is 0 Å². The Hall–Kier alpha value is -0.440. The van der Waals surface area contributed by atoms with Gasteiger partial charge in [-0.25, -0.2) is 4.79 Å². The first kappa shape index (κ1) is 12.6. The number of hydrogen-bond acceptors (Lipinski definition) is 2. The highest BCUT2D eigenvalue weighted by atomic mass is 35.5. The smallest absolute Gasteiger partial charge is 0.407 e. The molecule has 0 aliphatic rings. The fourth-order valence-electron chi connectivity index (χ4n) is 0.770. The molecule has 0 atom stereocenters. The van der Waals surface area contributed by atoms with Gasteiger partial charge in [0.15, 0.2) is 0 Å². The third kappa shape index (κ3) is 9.47. The maximum atomic E-state index is 10.9. The normalized spacial score (nSPS) is 9.69. The van der Waals surface area contributed by atoms with Gasteiger partial charge in [0.2, 0.25) is 0 Å². The third-order valence-electron chi connectivity index (χ3n) is 1.56. The number of unbranched alkanes of at least 4 members (excludes halogenated alkanes) is 2. The number of carbonyl (C=O) groups excluding carboxylic acids is 1. The molecule has 0 unspecified atom stereocenters. The average molecular weight is 208 g/mol. The molecule has 0 heterocycles. The largest absolute Gasteiger partial charge is 0.450 e. The van der Waals surface area contributed by atoms with Crippen LogP contribution >= 0.6 is 11.6 Å². The molecule has 0 saturated carbocycles. The maximum absolute atomic E-state index is 10.9. The second-order valence-corrected chi connectivity index (χ2v) is 3.19. The van der Waals surface area contributed by atoms with Gasteiger partial charge in [0, 0.05) is 12.4 Å². The molecule has 3 nitrogen and oxygen atoms in total. The molecule has 0 bridgehead atoms. The van der Waals surface area contributed by atoms with Crippen LogP contribution in [0.15, 0.2) is 0 Å². The predicted octanol–water partition coefficient (Wildman–Crippen LogP) is 2.53. The summed E-state index contributed by atoms with van der Waals surface area (Å²) in [4.78, 5) is 10.9.